The summed E-state index contributed by atoms with van der Waals surface area (Å²) in [5, 5.41) is 33.6. The molecule has 6 rings (SSSR count). The number of carbonyl (C=O) groups excluding carboxylic acids is 1. The molecule has 2 heterocycles. The van der Waals surface area contributed by atoms with Crippen molar-refractivity contribution >= 4 is 17.7 Å². The Bertz CT molecular complexity index is 1680. The fraction of sp³-hybridized carbons (Fsp3) is 0.256. The van der Waals surface area contributed by atoms with Gasteiger partial charge < -0.3 is 35.0 Å². The maximum atomic E-state index is 12.8. The van der Waals surface area contributed by atoms with Crippen LogP contribution in [0.1, 0.15) is 39.9 Å². The van der Waals surface area contributed by atoms with Crippen LogP contribution in [0.5, 0.6) is 0 Å². The maximum Gasteiger partial charge on any atom is 0.303 e. The van der Waals surface area contributed by atoms with Gasteiger partial charge in [-0.3, -0.25) is 14.5 Å². The van der Waals surface area contributed by atoms with Gasteiger partial charge in [0.25, 0.3) is 5.91 Å². The molecule has 0 spiro atoms. The Kier molecular flexibility index (Phi) is 11.1. The van der Waals surface area contributed by atoms with Gasteiger partial charge in [0.15, 0.2) is 6.29 Å². The minimum atomic E-state index is -1.39. The van der Waals surface area contributed by atoms with Gasteiger partial charge in [0.05, 0.1) is 24.7 Å². The monoisotopic (exact) mass is 676 g/mol. The van der Waals surface area contributed by atoms with Gasteiger partial charge in [-0.2, -0.15) is 0 Å². The van der Waals surface area contributed by atoms with Crippen molar-refractivity contribution in [2.75, 3.05) is 19.7 Å². The van der Waals surface area contributed by atoms with Crippen molar-refractivity contribution in [3.05, 3.63) is 156 Å². The van der Waals surface area contributed by atoms with E-state index in [0.717, 1.165) is 16.7 Å². The molecule has 0 radical (unpaired) electrons. The largest absolute Gasteiger partial charge is 0.481 e. The molecule has 2 aliphatic rings. The van der Waals surface area contributed by atoms with Crippen molar-refractivity contribution in [2.45, 2.75) is 43.4 Å². The number of aliphatic imine (C=N–C) groups is 1. The van der Waals surface area contributed by atoms with Gasteiger partial charge in [-0.25, -0.2) is 4.99 Å². The van der Waals surface area contributed by atoms with Crippen molar-refractivity contribution in [1.82, 2.24) is 15.1 Å². The smallest absolute Gasteiger partial charge is 0.303 e. The molecule has 4 aromatic carbocycles. The Labute approximate surface area is 290 Å². The summed E-state index contributed by atoms with van der Waals surface area (Å²) in [7, 11) is 0. The lowest BCUT2D eigenvalue weighted by molar-refractivity contribution is -0.211. The molecular formula is C39H40N4O7. The van der Waals surface area contributed by atoms with Crippen molar-refractivity contribution < 1.29 is 34.4 Å². The molecule has 1 amide bonds. The second-order valence-corrected chi connectivity index (χ2v) is 12.1. The van der Waals surface area contributed by atoms with Crippen molar-refractivity contribution in [2.24, 2.45) is 4.99 Å². The van der Waals surface area contributed by atoms with E-state index in [0.29, 0.717) is 18.7 Å². The van der Waals surface area contributed by atoms with Crippen LogP contribution in [0.2, 0.25) is 0 Å². The molecule has 4 N–H and O–H groups in total. The molecule has 0 bridgehead atoms. The fourth-order valence-corrected chi connectivity index (χ4v) is 6.55. The molecule has 4 aromatic rings. The summed E-state index contributed by atoms with van der Waals surface area (Å²) in [6.07, 6.45) is -1.14. The number of amidine groups is 1. The molecule has 50 heavy (non-hydrogen) atoms. The molecule has 0 saturated carbocycles. The summed E-state index contributed by atoms with van der Waals surface area (Å²) in [5.74, 6) is -1.19. The highest BCUT2D eigenvalue weighted by molar-refractivity contribution is 6.10. The summed E-state index contributed by atoms with van der Waals surface area (Å²) < 4.78 is 12.3. The first kappa shape index (κ1) is 34.7. The highest BCUT2D eigenvalue weighted by Crippen LogP contribution is 2.44. The molecule has 1 fully saturated rings. The number of aliphatic carboxylic acids is 1. The van der Waals surface area contributed by atoms with Crippen molar-refractivity contribution in [3.8, 4) is 0 Å². The Morgan fingerprint density at radius 1 is 0.860 bits per heavy atom. The quantitative estimate of drug-likeness (QED) is 0.129. The van der Waals surface area contributed by atoms with Crippen LogP contribution < -0.4 is 5.32 Å². The van der Waals surface area contributed by atoms with Gasteiger partial charge in [0, 0.05) is 31.3 Å². The lowest BCUT2D eigenvalue weighted by Gasteiger charge is -2.52. The summed E-state index contributed by atoms with van der Waals surface area (Å²) >= 11 is 0. The number of rotatable bonds is 12. The third kappa shape index (κ3) is 7.83. The van der Waals surface area contributed by atoms with Crippen LogP contribution in [0.25, 0.3) is 0 Å². The van der Waals surface area contributed by atoms with Gasteiger partial charge >= 0.3 is 5.97 Å². The van der Waals surface area contributed by atoms with Gasteiger partial charge in [-0.05, 0) is 34.9 Å². The van der Waals surface area contributed by atoms with E-state index >= 15 is 0 Å². The number of aliphatic hydroxyl groups excluding tert-OH is 2. The number of hydrogen-bond acceptors (Lipinski definition) is 9. The minimum absolute atomic E-state index is 0.0441. The number of nitrogens with one attached hydrogen (secondary N) is 1. The predicted octanol–water partition coefficient (Wildman–Crippen LogP) is 4.14. The minimum Gasteiger partial charge on any atom is -0.481 e. The molecule has 2 aliphatic heterocycles. The Balaban J connectivity index is 1.35. The summed E-state index contributed by atoms with van der Waals surface area (Å²) in [4.78, 5) is 32.1. The van der Waals surface area contributed by atoms with E-state index in [9.17, 15) is 19.8 Å². The average molecular weight is 677 g/mol. The number of aliphatic hydroxyl groups is 2. The molecular weight excluding hydrogens is 636 g/mol. The number of carbonyl (C=O) groups is 2. The highest BCUT2D eigenvalue weighted by atomic mass is 16.6. The van der Waals surface area contributed by atoms with Gasteiger partial charge in [0.1, 0.15) is 12.1 Å². The average Bonchev–Trinajstić information content (AvgIpc) is 3.15. The molecule has 0 aromatic heterocycles. The first-order valence-electron chi connectivity index (χ1n) is 16.5. The Morgan fingerprint density at radius 2 is 1.40 bits per heavy atom. The lowest BCUT2D eigenvalue weighted by Crippen LogP contribution is -2.62. The molecule has 11 heteroatoms. The maximum absolute atomic E-state index is 12.8. The molecule has 11 nitrogen and oxygen atoms in total. The molecule has 4 atom stereocenters. The number of hydrogen-bond donors (Lipinski definition) is 4. The topological polar surface area (TPSA) is 144 Å². The third-order valence-electron chi connectivity index (χ3n) is 8.81. The molecule has 1 saturated heterocycles. The first-order chi connectivity index (χ1) is 24.3. The van der Waals surface area contributed by atoms with Crippen LogP contribution in [-0.4, -0.2) is 87.5 Å². The zero-order chi connectivity index (χ0) is 34.9. The van der Waals surface area contributed by atoms with E-state index in [1.807, 2.05) is 60.7 Å². The van der Waals surface area contributed by atoms with Crippen LogP contribution >= 0.6 is 0 Å². The number of amides is 1. The van der Waals surface area contributed by atoms with Gasteiger partial charge in [-0.15, -0.1) is 0 Å². The van der Waals surface area contributed by atoms with Crippen LogP contribution in [0.15, 0.2) is 139 Å². The van der Waals surface area contributed by atoms with Gasteiger partial charge in [-0.1, -0.05) is 109 Å². The Hall–Kier alpha value is -5.17. The standard InChI is InChI=1S/C39H40N4O7/c44-35(45)21-22-36(46)49-27-32-25-42(26-34(50-32)43-24-23-33(41-38(43)48)40-37(47)28-13-5-1-6-14-28)39(29-15-7-2-8-16-29,30-17-9-3-10-18-30)31-19-11-4-12-20-31/h1-20,23-24,32,34,36,38,46,48H,21-22,25-27H2,(H,44,45)(H,40,41,47)/t32-,34+,36?,38?/m0/s1. The third-order valence-corrected chi connectivity index (χ3v) is 8.81. The zero-order valence-electron chi connectivity index (χ0n) is 27.4. The Morgan fingerprint density at radius 3 is 1.92 bits per heavy atom. The number of carboxylic acid groups (broad SMARTS) is 1. The van der Waals surface area contributed by atoms with Crippen molar-refractivity contribution in [3.63, 3.8) is 0 Å². The second kappa shape index (κ2) is 16.0. The van der Waals surface area contributed by atoms with Crippen LogP contribution in [0.4, 0.5) is 0 Å². The highest BCUT2D eigenvalue weighted by Gasteiger charge is 2.47. The normalized spacial score (nSPS) is 20.2. The summed E-state index contributed by atoms with van der Waals surface area (Å²) in [5.41, 5.74) is 2.67. The van der Waals surface area contributed by atoms with E-state index in [4.69, 9.17) is 14.6 Å². The number of ether oxygens (including phenoxy) is 2. The van der Waals surface area contributed by atoms with Gasteiger partial charge in [0.2, 0.25) is 6.35 Å². The molecule has 0 aliphatic carbocycles. The SMILES string of the molecule is O=C(O)CCC(O)OC[C@@H]1CN(C(c2ccccc2)(c2ccccc2)c2ccccc2)C[C@H](N2C=CC(NC(=O)c3ccccc3)=NC2O)O1. The van der Waals surface area contributed by atoms with Crippen LogP contribution in [-0.2, 0) is 19.8 Å². The number of morpholine rings is 1. The fourth-order valence-electron chi connectivity index (χ4n) is 6.55. The van der Waals surface area contributed by atoms with Crippen molar-refractivity contribution in [1.29, 1.82) is 0 Å². The number of nitrogens with zero attached hydrogens (tertiary/aromatic N) is 3. The predicted molar refractivity (Wildman–Crippen MR) is 187 cm³/mol. The summed E-state index contributed by atoms with van der Waals surface area (Å²) in [6.45, 7) is 0.618. The van der Waals surface area contributed by atoms with E-state index < -0.39 is 36.5 Å². The molecule has 258 valence electrons. The van der Waals surface area contributed by atoms with E-state index in [1.165, 1.54) is 0 Å². The second-order valence-electron chi connectivity index (χ2n) is 12.1. The summed E-state index contributed by atoms with van der Waals surface area (Å²) in [6, 6.07) is 39.2. The number of benzene rings is 4. The lowest BCUT2D eigenvalue weighted by atomic mass is 9.75. The first-order valence-corrected chi connectivity index (χ1v) is 16.5. The number of carboxylic acids is 1. The van der Waals surface area contributed by atoms with Crippen LogP contribution in [0.3, 0.4) is 0 Å². The van der Waals surface area contributed by atoms with E-state index in [-0.39, 0.29) is 31.2 Å². The van der Waals surface area contributed by atoms with E-state index in [2.05, 4.69) is 51.6 Å². The van der Waals surface area contributed by atoms with Crippen LogP contribution in [0, 0.1) is 0 Å². The van der Waals surface area contributed by atoms with E-state index in [1.54, 1.807) is 41.4 Å². The zero-order valence-corrected chi connectivity index (χ0v) is 27.4. The molecule has 2 unspecified atom stereocenters.